The van der Waals surface area contributed by atoms with E-state index in [1.165, 1.54) is 17.0 Å². The van der Waals surface area contributed by atoms with Gasteiger partial charge in [-0.1, -0.05) is 42.5 Å². The molecule has 3 aromatic carbocycles. The second kappa shape index (κ2) is 9.80. The van der Waals surface area contributed by atoms with Gasteiger partial charge in [0.2, 0.25) is 12.7 Å². The molecule has 1 aliphatic rings. The lowest BCUT2D eigenvalue weighted by Crippen LogP contribution is -2.31. The summed E-state index contributed by atoms with van der Waals surface area (Å²) in [5.74, 6) is 1.28. The zero-order chi connectivity index (χ0) is 24.2. The van der Waals surface area contributed by atoms with Crippen molar-refractivity contribution in [2.45, 2.75) is 19.5 Å². The maximum atomic E-state index is 13.6. The van der Waals surface area contributed by atoms with Crippen molar-refractivity contribution in [1.29, 1.82) is 0 Å². The van der Waals surface area contributed by atoms with Crippen molar-refractivity contribution in [1.82, 2.24) is 9.97 Å². The number of anilines is 2. The first kappa shape index (κ1) is 22.3. The van der Waals surface area contributed by atoms with E-state index in [1.54, 1.807) is 42.6 Å². The zero-order valence-electron chi connectivity index (χ0n) is 19.0. The summed E-state index contributed by atoms with van der Waals surface area (Å²) < 4.78 is 24.3. The standard InChI is InChI=1S/C27H23FN4O3/c1-18(20-5-3-2-4-6-20)30-27-29-14-13-25(31-27)32(16-19-7-10-22(28)11-8-19)26(33)21-9-12-23-24(15-21)35-17-34-23/h2-15,18H,16-17H2,1H3,(H,29,30,31)/t18-/m1/s1. The molecule has 0 bridgehead atoms. The molecule has 7 nitrogen and oxygen atoms in total. The number of hydrogen-bond donors (Lipinski definition) is 1. The van der Waals surface area contributed by atoms with Crippen molar-refractivity contribution in [3.8, 4) is 11.5 Å². The van der Waals surface area contributed by atoms with E-state index < -0.39 is 0 Å². The average molecular weight is 471 g/mol. The lowest BCUT2D eigenvalue weighted by molar-refractivity contribution is 0.0984. The molecule has 0 aliphatic carbocycles. The molecule has 0 radical (unpaired) electrons. The van der Waals surface area contributed by atoms with Crippen molar-refractivity contribution < 1.29 is 18.7 Å². The van der Waals surface area contributed by atoms with Crippen LogP contribution in [0.4, 0.5) is 16.2 Å². The Morgan fingerprint density at radius 3 is 2.60 bits per heavy atom. The third-order valence-electron chi connectivity index (χ3n) is 5.68. The van der Waals surface area contributed by atoms with Crippen molar-refractivity contribution in [2.75, 3.05) is 17.0 Å². The number of benzene rings is 3. The topological polar surface area (TPSA) is 76.6 Å². The molecule has 1 atom stereocenters. The summed E-state index contributed by atoms with van der Waals surface area (Å²) >= 11 is 0. The van der Waals surface area contributed by atoms with Gasteiger partial charge in [0.15, 0.2) is 11.5 Å². The van der Waals surface area contributed by atoms with Crippen molar-refractivity contribution in [2.24, 2.45) is 0 Å². The SMILES string of the molecule is C[C@@H](Nc1nccc(N(Cc2ccc(F)cc2)C(=O)c2ccc3c(c2)OCO3)n1)c1ccccc1. The van der Waals surface area contributed by atoms with Crippen LogP contribution in [-0.4, -0.2) is 22.7 Å². The Balaban J connectivity index is 1.46. The van der Waals surface area contributed by atoms with E-state index in [-0.39, 0.29) is 31.1 Å². The van der Waals surface area contributed by atoms with Crippen LogP contribution in [0.15, 0.2) is 85.1 Å². The Bertz CT molecular complexity index is 1330. The number of aromatic nitrogens is 2. The highest BCUT2D eigenvalue weighted by Gasteiger charge is 2.23. The Labute approximate surface area is 202 Å². The van der Waals surface area contributed by atoms with E-state index in [0.717, 1.165) is 11.1 Å². The number of hydrogen-bond acceptors (Lipinski definition) is 6. The molecule has 1 aromatic heterocycles. The minimum atomic E-state index is -0.342. The minimum absolute atomic E-state index is 0.0402. The van der Waals surface area contributed by atoms with Crippen molar-refractivity contribution in [3.63, 3.8) is 0 Å². The highest BCUT2D eigenvalue weighted by atomic mass is 19.1. The van der Waals surface area contributed by atoms with E-state index in [0.29, 0.717) is 28.8 Å². The summed E-state index contributed by atoms with van der Waals surface area (Å²) in [5, 5.41) is 3.29. The summed E-state index contributed by atoms with van der Waals surface area (Å²) in [4.78, 5) is 24.1. The lowest BCUT2D eigenvalue weighted by atomic mass is 10.1. The molecule has 1 aliphatic heterocycles. The number of carbonyl (C=O) groups is 1. The molecule has 1 amide bonds. The predicted molar refractivity (Wildman–Crippen MR) is 130 cm³/mol. The molecule has 4 aromatic rings. The van der Waals surface area contributed by atoms with Crippen LogP contribution in [0.25, 0.3) is 0 Å². The summed E-state index contributed by atoms with van der Waals surface area (Å²) in [7, 11) is 0. The number of halogens is 1. The van der Waals surface area contributed by atoms with Gasteiger partial charge in [0.1, 0.15) is 11.6 Å². The summed E-state index contributed by atoms with van der Waals surface area (Å²) in [6.07, 6.45) is 1.60. The van der Waals surface area contributed by atoms with Gasteiger partial charge in [-0.05, 0) is 54.4 Å². The second-order valence-corrected chi connectivity index (χ2v) is 8.10. The van der Waals surface area contributed by atoms with Gasteiger partial charge < -0.3 is 14.8 Å². The Hall–Kier alpha value is -4.46. The highest BCUT2D eigenvalue weighted by molar-refractivity contribution is 6.06. The molecule has 1 N–H and O–H groups in total. The minimum Gasteiger partial charge on any atom is -0.454 e. The van der Waals surface area contributed by atoms with Gasteiger partial charge in [-0.2, -0.15) is 4.98 Å². The van der Waals surface area contributed by atoms with Gasteiger partial charge in [-0.25, -0.2) is 9.37 Å². The van der Waals surface area contributed by atoms with Gasteiger partial charge in [0.25, 0.3) is 5.91 Å². The van der Waals surface area contributed by atoms with E-state index in [2.05, 4.69) is 15.3 Å². The van der Waals surface area contributed by atoms with Gasteiger partial charge in [-0.3, -0.25) is 9.69 Å². The first-order valence-corrected chi connectivity index (χ1v) is 11.2. The Kier molecular flexibility index (Phi) is 6.26. The summed E-state index contributed by atoms with van der Waals surface area (Å²) in [5.41, 5.74) is 2.26. The third-order valence-corrected chi connectivity index (χ3v) is 5.68. The van der Waals surface area contributed by atoms with E-state index in [9.17, 15) is 9.18 Å². The first-order valence-electron chi connectivity index (χ1n) is 11.2. The van der Waals surface area contributed by atoms with Gasteiger partial charge in [0.05, 0.1) is 12.6 Å². The smallest absolute Gasteiger partial charge is 0.259 e. The molecular weight excluding hydrogens is 447 g/mol. The molecule has 0 saturated heterocycles. The molecule has 0 spiro atoms. The largest absolute Gasteiger partial charge is 0.454 e. The molecule has 176 valence electrons. The fourth-order valence-corrected chi connectivity index (χ4v) is 3.80. The molecule has 8 heteroatoms. The molecule has 0 fully saturated rings. The normalized spacial score (nSPS) is 12.7. The maximum Gasteiger partial charge on any atom is 0.259 e. The predicted octanol–water partition coefficient (Wildman–Crippen LogP) is 5.36. The van der Waals surface area contributed by atoms with Crippen LogP contribution in [0.3, 0.4) is 0 Å². The number of fused-ring (bicyclic) bond motifs is 1. The molecular formula is C27H23FN4O3. The third kappa shape index (κ3) is 5.06. The summed E-state index contributed by atoms with van der Waals surface area (Å²) in [6.45, 7) is 2.32. The zero-order valence-corrected chi connectivity index (χ0v) is 19.0. The average Bonchev–Trinajstić information content (AvgIpc) is 3.37. The monoisotopic (exact) mass is 470 g/mol. The van der Waals surface area contributed by atoms with Crippen LogP contribution < -0.4 is 19.7 Å². The van der Waals surface area contributed by atoms with Crippen molar-refractivity contribution >= 4 is 17.7 Å². The van der Waals surface area contributed by atoms with E-state index in [1.807, 2.05) is 37.3 Å². The van der Waals surface area contributed by atoms with Crippen LogP contribution >= 0.6 is 0 Å². The molecule has 35 heavy (non-hydrogen) atoms. The van der Waals surface area contributed by atoms with Crippen LogP contribution in [0.1, 0.15) is 34.5 Å². The molecule has 2 heterocycles. The number of nitrogens with one attached hydrogen (secondary N) is 1. The van der Waals surface area contributed by atoms with E-state index >= 15 is 0 Å². The van der Waals surface area contributed by atoms with E-state index in [4.69, 9.17) is 9.47 Å². The van der Waals surface area contributed by atoms with Crippen LogP contribution in [0.2, 0.25) is 0 Å². The highest BCUT2D eigenvalue weighted by Crippen LogP contribution is 2.33. The number of ether oxygens (including phenoxy) is 2. The molecule has 0 unspecified atom stereocenters. The number of rotatable bonds is 7. The maximum absolute atomic E-state index is 13.6. The number of amides is 1. The Morgan fingerprint density at radius 2 is 1.80 bits per heavy atom. The van der Waals surface area contributed by atoms with Crippen molar-refractivity contribution in [3.05, 3.63) is 108 Å². The Morgan fingerprint density at radius 1 is 1.03 bits per heavy atom. The number of carbonyl (C=O) groups excluding carboxylic acids is 1. The van der Waals surface area contributed by atoms with Crippen LogP contribution in [0, 0.1) is 5.82 Å². The summed E-state index contributed by atoms with van der Waals surface area (Å²) in [6, 6.07) is 22.7. The first-order chi connectivity index (χ1) is 17.1. The molecule has 5 rings (SSSR count). The fraction of sp³-hybridized carbons (Fsp3) is 0.148. The molecule has 0 saturated carbocycles. The lowest BCUT2D eigenvalue weighted by Gasteiger charge is -2.23. The fourth-order valence-electron chi connectivity index (χ4n) is 3.80. The van der Waals surface area contributed by atoms with Gasteiger partial charge in [-0.15, -0.1) is 0 Å². The second-order valence-electron chi connectivity index (χ2n) is 8.10. The van der Waals surface area contributed by atoms with Crippen LogP contribution in [0.5, 0.6) is 11.5 Å². The number of nitrogens with zero attached hydrogens (tertiary/aromatic N) is 3. The quantitative estimate of drug-likeness (QED) is 0.392. The van der Waals surface area contributed by atoms with Crippen LogP contribution in [-0.2, 0) is 6.54 Å². The van der Waals surface area contributed by atoms with Gasteiger partial charge >= 0.3 is 0 Å². The van der Waals surface area contributed by atoms with Gasteiger partial charge in [0, 0.05) is 11.8 Å².